The van der Waals surface area contributed by atoms with Gasteiger partial charge in [-0.15, -0.1) is 0 Å². The molecule has 1 aromatic rings. The first-order valence-electron chi connectivity index (χ1n) is 5.98. The van der Waals surface area contributed by atoms with Gasteiger partial charge in [-0.2, -0.15) is 0 Å². The van der Waals surface area contributed by atoms with Crippen LogP contribution in [0.4, 0.5) is 0 Å². The SMILES string of the molecule is CCC1(n2c(C)cnc2SCC(=O)O)CCC1. The molecule has 4 nitrogen and oxygen atoms in total. The molecule has 0 atom stereocenters. The van der Waals surface area contributed by atoms with E-state index in [2.05, 4.69) is 16.5 Å². The minimum absolute atomic E-state index is 0.0796. The molecule has 17 heavy (non-hydrogen) atoms. The molecular formula is C12H18N2O2S. The number of aromatic nitrogens is 2. The number of aliphatic carboxylic acids is 1. The highest BCUT2D eigenvalue weighted by Crippen LogP contribution is 2.44. The quantitative estimate of drug-likeness (QED) is 0.821. The summed E-state index contributed by atoms with van der Waals surface area (Å²) in [5, 5.41) is 9.60. The van der Waals surface area contributed by atoms with E-state index >= 15 is 0 Å². The third kappa shape index (κ3) is 2.20. The molecule has 0 amide bonds. The molecule has 1 saturated carbocycles. The normalized spacial score (nSPS) is 17.8. The third-order valence-electron chi connectivity index (χ3n) is 3.65. The molecule has 1 aromatic heterocycles. The Labute approximate surface area is 105 Å². The molecule has 94 valence electrons. The van der Waals surface area contributed by atoms with E-state index < -0.39 is 5.97 Å². The highest BCUT2D eigenvalue weighted by Gasteiger charge is 2.39. The van der Waals surface area contributed by atoms with Crippen molar-refractivity contribution in [2.45, 2.75) is 50.2 Å². The molecule has 1 heterocycles. The number of carbonyl (C=O) groups is 1. The first-order chi connectivity index (χ1) is 8.09. The van der Waals surface area contributed by atoms with Gasteiger partial charge < -0.3 is 9.67 Å². The summed E-state index contributed by atoms with van der Waals surface area (Å²) in [6, 6.07) is 0. The maximum absolute atomic E-state index is 10.6. The topological polar surface area (TPSA) is 55.1 Å². The number of thioether (sulfide) groups is 1. The van der Waals surface area contributed by atoms with Crippen molar-refractivity contribution in [3.63, 3.8) is 0 Å². The summed E-state index contributed by atoms with van der Waals surface area (Å²) in [4.78, 5) is 15.0. The first-order valence-corrected chi connectivity index (χ1v) is 6.97. The molecule has 0 saturated heterocycles. The average Bonchev–Trinajstić information content (AvgIpc) is 2.58. The molecule has 1 N–H and O–H groups in total. The first kappa shape index (κ1) is 12.5. The van der Waals surface area contributed by atoms with Gasteiger partial charge in [-0.3, -0.25) is 4.79 Å². The minimum Gasteiger partial charge on any atom is -0.481 e. The van der Waals surface area contributed by atoms with E-state index in [4.69, 9.17) is 5.11 Å². The molecular weight excluding hydrogens is 236 g/mol. The van der Waals surface area contributed by atoms with Gasteiger partial charge in [0.25, 0.3) is 0 Å². The Hall–Kier alpha value is -0.970. The van der Waals surface area contributed by atoms with Crippen LogP contribution in [-0.4, -0.2) is 26.4 Å². The van der Waals surface area contributed by atoms with Crippen LogP contribution in [0, 0.1) is 6.92 Å². The van der Waals surface area contributed by atoms with Crippen LogP contribution in [0.2, 0.25) is 0 Å². The van der Waals surface area contributed by atoms with E-state index in [1.54, 1.807) is 0 Å². The standard InChI is InChI=1S/C12H18N2O2S/c1-3-12(5-4-6-12)14-9(2)7-13-11(14)17-8-10(15)16/h7H,3-6,8H2,1-2H3,(H,15,16). The van der Waals surface area contributed by atoms with Crippen molar-refractivity contribution in [1.29, 1.82) is 0 Å². The van der Waals surface area contributed by atoms with Crippen molar-refractivity contribution in [2.24, 2.45) is 0 Å². The van der Waals surface area contributed by atoms with Crippen LogP contribution in [0.5, 0.6) is 0 Å². The van der Waals surface area contributed by atoms with Gasteiger partial charge in [-0.05, 0) is 32.6 Å². The minimum atomic E-state index is -0.790. The molecule has 0 spiro atoms. The summed E-state index contributed by atoms with van der Waals surface area (Å²) in [6.45, 7) is 4.25. The zero-order valence-electron chi connectivity index (χ0n) is 10.3. The molecule has 1 fully saturated rings. The lowest BCUT2D eigenvalue weighted by atomic mass is 9.74. The summed E-state index contributed by atoms with van der Waals surface area (Å²) in [5.41, 5.74) is 1.33. The predicted octanol–water partition coefficient (Wildman–Crippen LogP) is 2.66. The van der Waals surface area contributed by atoms with Crippen LogP contribution in [0.1, 0.15) is 38.3 Å². The molecule has 5 heteroatoms. The lowest BCUT2D eigenvalue weighted by molar-refractivity contribution is -0.133. The van der Waals surface area contributed by atoms with Gasteiger partial charge in [0.15, 0.2) is 5.16 Å². The number of carboxylic acids is 1. The number of aryl methyl sites for hydroxylation is 1. The number of hydrogen-bond donors (Lipinski definition) is 1. The van der Waals surface area contributed by atoms with Gasteiger partial charge in [0.05, 0.1) is 5.75 Å². The molecule has 0 unspecified atom stereocenters. The molecule has 0 aromatic carbocycles. The van der Waals surface area contributed by atoms with Gasteiger partial charge in [0, 0.05) is 17.4 Å². The largest absolute Gasteiger partial charge is 0.481 e. The zero-order valence-corrected chi connectivity index (χ0v) is 11.1. The van der Waals surface area contributed by atoms with E-state index in [1.807, 2.05) is 13.1 Å². The maximum atomic E-state index is 10.6. The van der Waals surface area contributed by atoms with E-state index in [-0.39, 0.29) is 11.3 Å². The Morgan fingerprint density at radius 2 is 2.35 bits per heavy atom. The Balaban J connectivity index is 2.25. The maximum Gasteiger partial charge on any atom is 0.313 e. The average molecular weight is 254 g/mol. The molecule has 0 radical (unpaired) electrons. The van der Waals surface area contributed by atoms with Crippen LogP contribution in [-0.2, 0) is 10.3 Å². The molecule has 1 aliphatic carbocycles. The smallest absolute Gasteiger partial charge is 0.313 e. The second-order valence-electron chi connectivity index (χ2n) is 4.63. The van der Waals surface area contributed by atoms with E-state index in [0.29, 0.717) is 0 Å². The molecule has 1 aliphatic rings. The van der Waals surface area contributed by atoms with Gasteiger partial charge in [-0.25, -0.2) is 4.98 Å². The van der Waals surface area contributed by atoms with Crippen molar-refractivity contribution in [3.8, 4) is 0 Å². The van der Waals surface area contributed by atoms with E-state index in [9.17, 15) is 4.79 Å². The fourth-order valence-corrected chi connectivity index (χ4v) is 3.39. The highest BCUT2D eigenvalue weighted by atomic mass is 32.2. The second-order valence-corrected chi connectivity index (χ2v) is 5.57. The fraction of sp³-hybridized carbons (Fsp3) is 0.667. The Kier molecular flexibility index (Phi) is 3.47. The van der Waals surface area contributed by atoms with Crippen LogP contribution < -0.4 is 0 Å². The number of carboxylic acid groups (broad SMARTS) is 1. The monoisotopic (exact) mass is 254 g/mol. The lowest BCUT2D eigenvalue weighted by Crippen LogP contribution is -2.41. The highest BCUT2D eigenvalue weighted by molar-refractivity contribution is 7.99. The van der Waals surface area contributed by atoms with Crippen molar-refractivity contribution in [3.05, 3.63) is 11.9 Å². The van der Waals surface area contributed by atoms with Crippen molar-refractivity contribution in [1.82, 2.24) is 9.55 Å². The number of imidazole rings is 1. The van der Waals surface area contributed by atoms with Crippen LogP contribution in [0.3, 0.4) is 0 Å². The van der Waals surface area contributed by atoms with Crippen LogP contribution >= 0.6 is 11.8 Å². The van der Waals surface area contributed by atoms with Crippen LogP contribution in [0.15, 0.2) is 11.4 Å². The molecule has 0 bridgehead atoms. The lowest BCUT2D eigenvalue weighted by Gasteiger charge is -2.44. The van der Waals surface area contributed by atoms with Gasteiger partial charge in [0.2, 0.25) is 0 Å². The second kappa shape index (κ2) is 4.72. The summed E-state index contributed by atoms with van der Waals surface area (Å²) in [5.74, 6) is -0.711. The van der Waals surface area contributed by atoms with Crippen molar-refractivity contribution < 1.29 is 9.90 Å². The number of hydrogen-bond acceptors (Lipinski definition) is 3. The van der Waals surface area contributed by atoms with Gasteiger partial charge >= 0.3 is 5.97 Å². The zero-order chi connectivity index (χ0) is 12.5. The number of rotatable bonds is 5. The van der Waals surface area contributed by atoms with Crippen LogP contribution in [0.25, 0.3) is 0 Å². The Bertz CT molecular complexity index is 419. The Morgan fingerprint density at radius 1 is 1.65 bits per heavy atom. The summed E-state index contributed by atoms with van der Waals surface area (Å²) >= 11 is 1.32. The van der Waals surface area contributed by atoms with Crippen molar-refractivity contribution >= 4 is 17.7 Å². The molecule has 0 aliphatic heterocycles. The molecule has 2 rings (SSSR count). The van der Waals surface area contributed by atoms with E-state index in [1.165, 1.54) is 31.0 Å². The fourth-order valence-electron chi connectivity index (χ4n) is 2.54. The van der Waals surface area contributed by atoms with Gasteiger partial charge in [0.1, 0.15) is 0 Å². The summed E-state index contributed by atoms with van der Waals surface area (Å²) in [6.07, 6.45) is 6.56. The summed E-state index contributed by atoms with van der Waals surface area (Å²) < 4.78 is 2.25. The van der Waals surface area contributed by atoms with Crippen molar-refractivity contribution in [2.75, 3.05) is 5.75 Å². The Morgan fingerprint density at radius 3 is 2.82 bits per heavy atom. The predicted molar refractivity (Wildman–Crippen MR) is 67.4 cm³/mol. The summed E-state index contributed by atoms with van der Waals surface area (Å²) in [7, 11) is 0. The number of nitrogens with zero attached hydrogens (tertiary/aromatic N) is 2. The van der Waals surface area contributed by atoms with Gasteiger partial charge in [-0.1, -0.05) is 18.7 Å². The third-order valence-corrected chi connectivity index (χ3v) is 4.58. The van der Waals surface area contributed by atoms with E-state index in [0.717, 1.165) is 17.3 Å².